The highest BCUT2D eigenvalue weighted by Crippen LogP contribution is 2.10. The van der Waals surface area contributed by atoms with E-state index in [9.17, 15) is 9.18 Å². The number of fused-ring (bicyclic) bond motifs is 1. The Kier molecular flexibility index (Phi) is 3.78. The molecule has 1 aromatic heterocycles. The van der Waals surface area contributed by atoms with E-state index in [4.69, 9.17) is 0 Å². The Morgan fingerprint density at radius 3 is 2.73 bits per heavy atom. The minimum absolute atomic E-state index is 0.241. The summed E-state index contributed by atoms with van der Waals surface area (Å²) in [5, 5.41) is 2.72. The predicted molar refractivity (Wildman–Crippen MR) is 81.8 cm³/mol. The van der Waals surface area contributed by atoms with Crippen molar-refractivity contribution >= 4 is 16.9 Å². The summed E-state index contributed by atoms with van der Waals surface area (Å²) in [6, 6.07) is 12.2. The summed E-state index contributed by atoms with van der Waals surface area (Å²) in [4.78, 5) is 20.6. The molecular weight excluding hydrogens is 281 g/mol. The Morgan fingerprint density at radius 1 is 1.18 bits per heavy atom. The van der Waals surface area contributed by atoms with Crippen molar-refractivity contribution in [2.24, 2.45) is 0 Å². The molecule has 2 aromatic carbocycles. The molecule has 1 amide bonds. The van der Waals surface area contributed by atoms with Gasteiger partial charge in [-0.25, -0.2) is 9.37 Å². The SMILES string of the molecule is Cc1ccc(CNC(=O)c2cnc3ccccc3n2)cc1F. The van der Waals surface area contributed by atoms with Gasteiger partial charge in [0.1, 0.15) is 11.5 Å². The van der Waals surface area contributed by atoms with Crippen molar-refractivity contribution in [1.82, 2.24) is 15.3 Å². The normalized spacial score (nSPS) is 10.6. The smallest absolute Gasteiger partial charge is 0.271 e. The third kappa shape index (κ3) is 2.93. The molecule has 0 aliphatic heterocycles. The second kappa shape index (κ2) is 5.89. The molecule has 0 aliphatic rings. The van der Waals surface area contributed by atoms with Gasteiger partial charge in [0, 0.05) is 6.54 Å². The van der Waals surface area contributed by atoms with Gasteiger partial charge in [-0.05, 0) is 36.2 Å². The van der Waals surface area contributed by atoms with Crippen molar-refractivity contribution < 1.29 is 9.18 Å². The maximum absolute atomic E-state index is 13.5. The van der Waals surface area contributed by atoms with Gasteiger partial charge < -0.3 is 5.32 Å². The molecule has 0 fully saturated rings. The second-order valence-corrected chi connectivity index (χ2v) is 5.01. The Hall–Kier alpha value is -2.82. The summed E-state index contributed by atoms with van der Waals surface area (Å²) in [7, 11) is 0. The van der Waals surface area contributed by atoms with Gasteiger partial charge in [-0.1, -0.05) is 24.3 Å². The van der Waals surface area contributed by atoms with Gasteiger partial charge in [-0.2, -0.15) is 0 Å². The lowest BCUT2D eigenvalue weighted by atomic mass is 10.1. The number of hydrogen-bond acceptors (Lipinski definition) is 3. The number of aromatic nitrogens is 2. The zero-order valence-electron chi connectivity index (χ0n) is 12.0. The number of halogens is 1. The highest BCUT2D eigenvalue weighted by atomic mass is 19.1. The van der Waals surface area contributed by atoms with Crippen molar-refractivity contribution in [3.8, 4) is 0 Å². The standard InChI is InChI=1S/C17H14FN3O/c1-11-6-7-12(8-13(11)18)9-20-17(22)16-10-19-14-4-2-3-5-15(14)21-16/h2-8,10H,9H2,1H3,(H,20,22). The Bertz CT molecular complexity index is 848. The van der Waals surface area contributed by atoms with Crippen molar-refractivity contribution in [2.45, 2.75) is 13.5 Å². The van der Waals surface area contributed by atoms with Crippen LogP contribution in [0, 0.1) is 12.7 Å². The van der Waals surface area contributed by atoms with Gasteiger partial charge in [0.25, 0.3) is 5.91 Å². The molecule has 0 aliphatic carbocycles. The monoisotopic (exact) mass is 295 g/mol. The van der Waals surface area contributed by atoms with E-state index in [1.54, 1.807) is 25.1 Å². The van der Waals surface area contributed by atoms with Gasteiger partial charge in [0.2, 0.25) is 0 Å². The van der Waals surface area contributed by atoms with Crippen LogP contribution in [0.5, 0.6) is 0 Å². The van der Waals surface area contributed by atoms with Crippen LogP contribution in [0.3, 0.4) is 0 Å². The van der Waals surface area contributed by atoms with Gasteiger partial charge in [0.05, 0.1) is 17.2 Å². The number of nitrogens with one attached hydrogen (secondary N) is 1. The molecule has 4 nitrogen and oxygen atoms in total. The first-order valence-corrected chi connectivity index (χ1v) is 6.88. The van der Waals surface area contributed by atoms with E-state index >= 15 is 0 Å². The number of aryl methyl sites for hydroxylation is 1. The topological polar surface area (TPSA) is 54.9 Å². The van der Waals surface area contributed by atoms with Gasteiger partial charge in [0.15, 0.2) is 0 Å². The summed E-state index contributed by atoms with van der Waals surface area (Å²) in [5.41, 5.74) is 2.92. The van der Waals surface area contributed by atoms with Crippen molar-refractivity contribution in [3.05, 3.63) is 71.3 Å². The number of carbonyl (C=O) groups is 1. The average Bonchev–Trinajstić information content (AvgIpc) is 2.55. The van der Waals surface area contributed by atoms with Crippen molar-refractivity contribution in [1.29, 1.82) is 0 Å². The Labute approximate surface area is 127 Å². The maximum Gasteiger partial charge on any atom is 0.271 e. The zero-order valence-corrected chi connectivity index (χ0v) is 12.0. The first-order chi connectivity index (χ1) is 10.6. The molecular formula is C17H14FN3O. The number of rotatable bonds is 3. The molecule has 0 atom stereocenters. The van der Waals surface area contributed by atoms with E-state index in [2.05, 4.69) is 15.3 Å². The fourth-order valence-electron chi connectivity index (χ4n) is 2.09. The van der Waals surface area contributed by atoms with Crippen molar-refractivity contribution in [3.63, 3.8) is 0 Å². The quantitative estimate of drug-likeness (QED) is 0.808. The summed E-state index contributed by atoms with van der Waals surface area (Å²) >= 11 is 0. The van der Waals surface area contributed by atoms with Gasteiger partial charge in [-0.15, -0.1) is 0 Å². The fraction of sp³-hybridized carbons (Fsp3) is 0.118. The summed E-state index contributed by atoms with van der Waals surface area (Å²) in [5.74, 6) is -0.614. The number of benzene rings is 2. The number of carbonyl (C=O) groups excluding carboxylic acids is 1. The largest absolute Gasteiger partial charge is 0.347 e. The molecule has 22 heavy (non-hydrogen) atoms. The molecule has 0 spiro atoms. The van der Waals surface area contributed by atoms with Crippen LogP contribution in [0.15, 0.2) is 48.7 Å². The third-order valence-electron chi connectivity index (χ3n) is 3.37. The van der Waals surface area contributed by atoms with E-state index in [1.807, 2.05) is 18.2 Å². The highest BCUT2D eigenvalue weighted by molar-refractivity contribution is 5.93. The average molecular weight is 295 g/mol. The predicted octanol–water partition coefficient (Wildman–Crippen LogP) is 3.01. The molecule has 0 radical (unpaired) electrons. The first-order valence-electron chi connectivity index (χ1n) is 6.88. The third-order valence-corrected chi connectivity index (χ3v) is 3.37. The molecule has 0 bridgehead atoms. The lowest BCUT2D eigenvalue weighted by Gasteiger charge is -2.06. The molecule has 1 N–H and O–H groups in total. The van der Waals surface area contributed by atoms with E-state index < -0.39 is 0 Å². The molecule has 3 aromatic rings. The fourth-order valence-corrected chi connectivity index (χ4v) is 2.09. The van der Waals surface area contributed by atoms with E-state index in [-0.39, 0.29) is 24.0 Å². The molecule has 1 heterocycles. The lowest BCUT2D eigenvalue weighted by molar-refractivity contribution is 0.0946. The maximum atomic E-state index is 13.5. The minimum Gasteiger partial charge on any atom is -0.347 e. The van der Waals surface area contributed by atoms with E-state index in [1.165, 1.54) is 12.3 Å². The summed E-state index contributed by atoms with van der Waals surface area (Å²) in [6.45, 7) is 1.94. The number of para-hydroxylation sites is 2. The van der Waals surface area contributed by atoms with E-state index in [0.29, 0.717) is 16.6 Å². The van der Waals surface area contributed by atoms with Crippen LogP contribution in [0.2, 0.25) is 0 Å². The number of amides is 1. The van der Waals surface area contributed by atoms with Crippen LogP contribution in [-0.2, 0) is 6.54 Å². The molecule has 3 rings (SSSR count). The molecule has 0 unspecified atom stereocenters. The van der Waals surface area contributed by atoms with Crippen LogP contribution in [-0.4, -0.2) is 15.9 Å². The Morgan fingerprint density at radius 2 is 1.95 bits per heavy atom. The number of nitrogens with zero attached hydrogens (tertiary/aromatic N) is 2. The van der Waals surface area contributed by atoms with Crippen LogP contribution in [0.1, 0.15) is 21.6 Å². The summed E-state index contributed by atoms with van der Waals surface area (Å²) in [6.07, 6.45) is 1.44. The number of hydrogen-bond donors (Lipinski definition) is 1. The zero-order chi connectivity index (χ0) is 15.5. The van der Waals surface area contributed by atoms with Crippen LogP contribution >= 0.6 is 0 Å². The molecule has 5 heteroatoms. The lowest BCUT2D eigenvalue weighted by Crippen LogP contribution is -2.24. The first kappa shape index (κ1) is 14.1. The molecule has 0 saturated heterocycles. The van der Waals surface area contributed by atoms with Crippen molar-refractivity contribution in [2.75, 3.05) is 0 Å². The minimum atomic E-state index is -0.334. The van der Waals surface area contributed by atoms with Crippen LogP contribution in [0.4, 0.5) is 4.39 Å². The van der Waals surface area contributed by atoms with Gasteiger partial charge in [-0.3, -0.25) is 9.78 Å². The van der Waals surface area contributed by atoms with Crippen LogP contribution in [0.25, 0.3) is 11.0 Å². The highest BCUT2D eigenvalue weighted by Gasteiger charge is 2.09. The molecule has 0 saturated carbocycles. The van der Waals surface area contributed by atoms with E-state index in [0.717, 1.165) is 5.52 Å². The van der Waals surface area contributed by atoms with Crippen LogP contribution < -0.4 is 5.32 Å². The molecule has 110 valence electrons. The summed E-state index contributed by atoms with van der Waals surface area (Å²) < 4.78 is 13.5. The van der Waals surface area contributed by atoms with Gasteiger partial charge >= 0.3 is 0 Å². The Balaban J connectivity index is 1.74. The second-order valence-electron chi connectivity index (χ2n) is 5.01.